The van der Waals surface area contributed by atoms with Crippen LogP contribution in [0.5, 0.6) is 5.75 Å². The summed E-state index contributed by atoms with van der Waals surface area (Å²) in [7, 11) is -1.81. The Morgan fingerprint density at radius 3 is 2.77 bits per heavy atom. The minimum Gasteiger partial charge on any atom is -0.593 e. The number of nitrogens with one attached hydrogen (secondary N) is 2. The molecule has 0 saturated carbocycles. The highest BCUT2D eigenvalue weighted by molar-refractivity contribution is 7.96. The van der Waals surface area contributed by atoms with Crippen molar-refractivity contribution in [2.24, 2.45) is 0 Å². The summed E-state index contributed by atoms with van der Waals surface area (Å²) in [6, 6.07) is 15.2. The first-order valence-corrected chi connectivity index (χ1v) is 10.2. The van der Waals surface area contributed by atoms with Gasteiger partial charge in [-0.2, -0.15) is 0 Å². The number of hydrogen-bond acceptors (Lipinski definition) is 5. The summed E-state index contributed by atoms with van der Waals surface area (Å²) < 4.78 is 33.0. The highest BCUT2D eigenvalue weighted by Gasteiger charge is 2.43. The number of nitrogens with zero attached hydrogens (tertiary/aromatic N) is 1. The normalized spacial score (nSPS) is 28.4. The van der Waals surface area contributed by atoms with E-state index >= 15 is 0 Å². The lowest BCUT2D eigenvalue weighted by atomic mass is 9.98. The van der Waals surface area contributed by atoms with Crippen LogP contribution < -0.4 is 14.8 Å². The van der Waals surface area contributed by atoms with Gasteiger partial charge in [-0.1, -0.05) is 28.5 Å². The second-order valence-corrected chi connectivity index (χ2v) is 8.77. The monoisotopic (exact) mass is 373 g/mol. The third-order valence-corrected chi connectivity index (χ3v) is 6.63. The van der Waals surface area contributed by atoms with Gasteiger partial charge >= 0.3 is 0 Å². The lowest BCUT2D eigenvalue weighted by Gasteiger charge is -2.29. The molecule has 0 aliphatic carbocycles. The minimum atomic E-state index is -3.47. The van der Waals surface area contributed by atoms with Crippen LogP contribution in [0.1, 0.15) is 12.0 Å². The van der Waals surface area contributed by atoms with Crippen LogP contribution in [-0.4, -0.2) is 41.7 Å². The molecule has 1 spiro atoms. The predicted molar refractivity (Wildman–Crippen MR) is 101 cm³/mol. The highest BCUT2D eigenvalue weighted by Crippen LogP contribution is 2.34. The lowest BCUT2D eigenvalue weighted by Crippen LogP contribution is -2.49. The van der Waals surface area contributed by atoms with Crippen molar-refractivity contribution in [2.75, 3.05) is 32.1 Å². The number of hydrogen-bond donors (Lipinski definition) is 2. The molecule has 1 saturated heterocycles. The zero-order chi connectivity index (χ0) is 18.2. The van der Waals surface area contributed by atoms with Gasteiger partial charge in [0.2, 0.25) is 0 Å². The van der Waals surface area contributed by atoms with E-state index in [0.717, 1.165) is 31.8 Å². The van der Waals surface area contributed by atoms with Gasteiger partial charge in [0.05, 0.1) is 24.9 Å². The molecule has 0 aromatic heterocycles. The second kappa shape index (κ2) is 6.66. The first-order chi connectivity index (χ1) is 12.5. The fourth-order valence-corrected chi connectivity index (χ4v) is 5.06. The number of methoxy groups -OCH3 is 1. The van der Waals surface area contributed by atoms with E-state index in [1.54, 1.807) is 19.2 Å². The van der Waals surface area contributed by atoms with Gasteiger partial charge < -0.3 is 14.6 Å². The molecule has 2 aliphatic heterocycles. The molecule has 2 aromatic rings. The second-order valence-electron chi connectivity index (χ2n) is 7.03. The van der Waals surface area contributed by atoms with Gasteiger partial charge in [-0.05, 0) is 36.2 Å². The van der Waals surface area contributed by atoms with Crippen LogP contribution >= 0.6 is 0 Å². The average Bonchev–Trinajstić information content (AvgIpc) is 2.99. The molecule has 26 heavy (non-hydrogen) atoms. The summed E-state index contributed by atoms with van der Waals surface area (Å²) in [5, 5.41) is 3.52. The van der Waals surface area contributed by atoms with E-state index in [0.29, 0.717) is 17.1 Å². The van der Waals surface area contributed by atoms with Crippen molar-refractivity contribution >= 4 is 16.1 Å². The van der Waals surface area contributed by atoms with Crippen molar-refractivity contribution in [3.8, 4) is 5.75 Å². The lowest BCUT2D eigenvalue weighted by molar-refractivity contribution is 0.309. The first kappa shape index (κ1) is 17.5. The van der Waals surface area contributed by atoms with Crippen LogP contribution in [0.4, 0.5) is 5.69 Å². The van der Waals surface area contributed by atoms with Crippen LogP contribution in [0.2, 0.25) is 0 Å². The molecule has 0 bridgehead atoms. The molecule has 2 atom stereocenters. The highest BCUT2D eigenvalue weighted by atomic mass is 32.3. The smallest absolute Gasteiger partial charge is 0.198 e. The molecule has 2 aromatic carbocycles. The fourth-order valence-electron chi connectivity index (χ4n) is 3.77. The zero-order valence-electron chi connectivity index (χ0n) is 14.7. The van der Waals surface area contributed by atoms with Crippen LogP contribution in [0.15, 0.2) is 53.4 Å². The van der Waals surface area contributed by atoms with Crippen LogP contribution in [-0.2, 0) is 21.2 Å². The van der Waals surface area contributed by atoms with E-state index in [1.807, 2.05) is 24.3 Å². The minimum absolute atomic E-state index is 0.286. The number of benzene rings is 2. The molecular weight excluding hydrogens is 350 g/mol. The summed E-state index contributed by atoms with van der Waals surface area (Å²) in [5.74, 6) is 0.850. The Morgan fingerprint density at radius 1 is 1.23 bits per heavy atom. The molecule has 1 fully saturated rings. The Bertz CT molecular complexity index is 842. The summed E-state index contributed by atoms with van der Waals surface area (Å²) in [6.45, 7) is 2.93. The van der Waals surface area contributed by atoms with E-state index in [9.17, 15) is 8.76 Å². The number of fused-ring (bicyclic) bond motifs is 1. The van der Waals surface area contributed by atoms with Crippen molar-refractivity contribution in [1.29, 1.82) is 0 Å². The Hall–Kier alpha value is -1.93. The van der Waals surface area contributed by atoms with E-state index in [4.69, 9.17) is 4.74 Å². The maximum absolute atomic E-state index is 12.5. The zero-order valence-corrected chi connectivity index (χ0v) is 15.6. The Labute approximate surface area is 154 Å². The topological polar surface area (TPSA) is 76.7 Å². The molecule has 2 unspecified atom stereocenters. The van der Waals surface area contributed by atoms with Gasteiger partial charge in [-0.15, -0.1) is 4.72 Å². The van der Waals surface area contributed by atoms with Gasteiger partial charge in [-0.3, -0.25) is 4.90 Å². The third-order valence-electron chi connectivity index (χ3n) is 5.18. The summed E-state index contributed by atoms with van der Waals surface area (Å²) in [6.07, 6.45) is 0.889. The molecule has 4 rings (SSSR count). The molecule has 138 valence electrons. The van der Waals surface area contributed by atoms with Crippen molar-refractivity contribution in [2.45, 2.75) is 23.4 Å². The number of ether oxygens (including phenoxy) is 1. The third kappa shape index (κ3) is 3.35. The van der Waals surface area contributed by atoms with Crippen molar-refractivity contribution < 1.29 is 13.5 Å². The summed E-state index contributed by atoms with van der Waals surface area (Å²) in [4.78, 5) is 2.68. The molecule has 2 heterocycles. The maximum atomic E-state index is 12.5. The van der Waals surface area contributed by atoms with Crippen molar-refractivity contribution in [3.63, 3.8) is 0 Å². The number of likely N-dealkylation sites (tertiary alicyclic amines) is 1. The van der Waals surface area contributed by atoms with Crippen LogP contribution in [0.25, 0.3) is 0 Å². The van der Waals surface area contributed by atoms with Gasteiger partial charge in [0.25, 0.3) is 0 Å². The fraction of sp³-hybridized carbons (Fsp3) is 0.368. The van der Waals surface area contributed by atoms with Gasteiger partial charge in [0.1, 0.15) is 5.75 Å². The summed E-state index contributed by atoms with van der Waals surface area (Å²) in [5.41, 5.74) is 1.62. The van der Waals surface area contributed by atoms with Crippen molar-refractivity contribution in [3.05, 3.63) is 54.1 Å². The number of sulfonamides is 1. The Kier molecular flexibility index (Phi) is 4.48. The molecule has 2 aliphatic rings. The first-order valence-electron chi connectivity index (χ1n) is 8.72. The van der Waals surface area contributed by atoms with Crippen molar-refractivity contribution in [1.82, 2.24) is 9.62 Å². The van der Waals surface area contributed by atoms with E-state index in [-0.39, 0.29) is 5.54 Å². The SMILES string of the molecule is COc1ccc(CN2CCC3(CN[S+](=O)([O-])c4ccccc4N3)C2)cc1. The molecule has 0 amide bonds. The predicted octanol–water partition coefficient (Wildman–Crippen LogP) is 2.26. The van der Waals surface area contributed by atoms with E-state index in [2.05, 4.69) is 27.1 Å². The summed E-state index contributed by atoms with van der Waals surface area (Å²) >= 11 is 0. The Balaban J connectivity index is 1.51. The van der Waals surface area contributed by atoms with Gasteiger partial charge in [0.15, 0.2) is 15.3 Å². The van der Waals surface area contributed by atoms with Gasteiger partial charge in [-0.25, -0.2) is 0 Å². The molecule has 6 nitrogen and oxygen atoms in total. The van der Waals surface area contributed by atoms with Gasteiger partial charge in [0, 0.05) is 19.6 Å². The quantitative estimate of drug-likeness (QED) is 0.807. The maximum Gasteiger partial charge on any atom is 0.198 e. The number of para-hydroxylation sites is 1. The standard InChI is InChI=1S/C19H23N3O3S/c1-25-16-8-6-15(7-9-16)12-22-11-10-19(14-22)13-20-26(23,24)18-5-3-2-4-17(18)21-19/h2-9,21H,10-14H2,1H3,(H-,20,23,24). The molecule has 7 heteroatoms. The molecule has 0 radical (unpaired) electrons. The molecular formula is C19H23N3O3S. The average molecular weight is 373 g/mol. The number of anilines is 1. The largest absolute Gasteiger partial charge is 0.593 e. The Morgan fingerprint density at radius 2 is 2.00 bits per heavy atom. The number of rotatable bonds is 3. The molecule has 2 N–H and O–H groups in total. The van der Waals surface area contributed by atoms with Crippen LogP contribution in [0, 0.1) is 0 Å². The van der Waals surface area contributed by atoms with Crippen LogP contribution in [0.3, 0.4) is 0 Å². The van der Waals surface area contributed by atoms with E-state index in [1.165, 1.54) is 5.56 Å². The van der Waals surface area contributed by atoms with E-state index < -0.39 is 10.4 Å².